The zero-order chi connectivity index (χ0) is 18.5. The molecule has 132 valence electrons. The molecule has 0 radical (unpaired) electrons. The third-order valence-electron chi connectivity index (χ3n) is 3.44. The van der Waals surface area contributed by atoms with Crippen molar-refractivity contribution in [2.24, 2.45) is 0 Å². The Morgan fingerprint density at radius 1 is 1.19 bits per heavy atom. The van der Waals surface area contributed by atoms with Gasteiger partial charge in [0.2, 0.25) is 5.91 Å². The number of rotatable bonds is 5. The van der Waals surface area contributed by atoms with E-state index >= 15 is 0 Å². The average molecular weight is 369 g/mol. The van der Waals surface area contributed by atoms with E-state index in [2.05, 4.69) is 4.98 Å². The summed E-state index contributed by atoms with van der Waals surface area (Å²) in [5.41, 5.74) is 1.10. The van der Waals surface area contributed by atoms with Crippen molar-refractivity contribution in [3.63, 3.8) is 0 Å². The van der Waals surface area contributed by atoms with Gasteiger partial charge < -0.3 is 9.94 Å². The molecular weight excluding hydrogens is 354 g/mol. The molecule has 0 fully saturated rings. The number of thiazole rings is 1. The highest BCUT2D eigenvalue weighted by Crippen LogP contribution is 2.28. The minimum absolute atomic E-state index is 0.0925. The summed E-state index contributed by atoms with van der Waals surface area (Å²) in [5.74, 6) is -0.910. The predicted octanol–water partition coefficient (Wildman–Crippen LogP) is 2.82. The van der Waals surface area contributed by atoms with E-state index in [-0.39, 0.29) is 18.2 Å². The number of amides is 1. The Morgan fingerprint density at radius 2 is 1.92 bits per heavy atom. The van der Waals surface area contributed by atoms with Crippen LogP contribution in [0.4, 0.5) is 10.8 Å². The summed E-state index contributed by atoms with van der Waals surface area (Å²) in [6, 6.07) is 13.6. The van der Waals surface area contributed by atoms with E-state index in [4.69, 9.17) is 4.74 Å². The molecule has 0 unspecified atom stereocenters. The molecule has 0 saturated heterocycles. The van der Waals surface area contributed by atoms with Crippen molar-refractivity contribution in [3.05, 3.63) is 76.7 Å². The van der Waals surface area contributed by atoms with Crippen LogP contribution in [0.2, 0.25) is 0 Å². The van der Waals surface area contributed by atoms with Crippen LogP contribution in [-0.4, -0.2) is 16.9 Å². The third-order valence-corrected chi connectivity index (χ3v) is 4.32. The second kappa shape index (κ2) is 7.75. The van der Waals surface area contributed by atoms with Gasteiger partial charge in [-0.15, -0.1) is 11.3 Å². The number of benzene rings is 1. The van der Waals surface area contributed by atoms with Crippen molar-refractivity contribution in [2.75, 3.05) is 4.90 Å². The van der Waals surface area contributed by atoms with Crippen LogP contribution in [0.25, 0.3) is 0 Å². The van der Waals surface area contributed by atoms with Gasteiger partial charge in [-0.3, -0.25) is 9.69 Å². The SMILES string of the molecule is CC(=O)N(c1ccccc1)c1nc(COC(=O)c2cccc[n+]2[O-])cs1. The fourth-order valence-corrected chi connectivity index (χ4v) is 3.14. The van der Waals surface area contributed by atoms with Gasteiger partial charge in [-0.25, -0.2) is 9.78 Å². The summed E-state index contributed by atoms with van der Waals surface area (Å²) in [4.78, 5) is 29.8. The van der Waals surface area contributed by atoms with Crippen LogP contribution in [0.1, 0.15) is 23.1 Å². The first-order valence-corrected chi connectivity index (χ1v) is 8.59. The number of carbonyl (C=O) groups excluding carboxylic acids is 2. The molecule has 0 bridgehead atoms. The Labute approximate surface area is 153 Å². The summed E-state index contributed by atoms with van der Waals surface area (Å²) < 4.78 is 5.58. The Bertz CT molecular complexity index is 927. The molecule has 0 aliphatic carbocycles. The van der Waals surface area contributed by atoms with Crippen molar-refractivity contribution >= 4 is 34.0 Å². The van der Waals surface area contributed by atoms with Gasteiger partial charge in [0.25, 0.3) is 0 Å². The second-order valence-electron chi connectivity index (χ2n) is 5.30. The minimum Gasteiger partial charge on any atom is -0.618 e. The molecule has 2 heterocycles. The second-order valence-corrected chi connectivity index (χ2v) is 6.14. The van der Waals surface area contributed by atoms with Crippen molar-refractivity contribution < 1.29 is 19.1 Å². The van der Waals surface area contributed by atoms with Gasteiger partial charge >= 0.3 is 11.7 Å². The molecule has 0 atom stereocenters. The molecule has 1 aromatic carbocycles. The summed E-state index contributed by atoms with van der Waals surface area (Å²) in [6.45, 7) is 1.36. The number of anilines is 2. The van der Waals surface area contributed by atoms with Gasteiger partial charge in [0.05, 0.1) is 11.4 Å². The molecule has 0 spiro atoms. The van der Waals surface area contributed by atoms with Crippen LogP contribution in [0, 0.1) is 5.21 Å². The number of pyridine rings is 1. The molecule has 1 amide bonds. The third kappa shape index (κ3) is 3.86. The van der Waals surface area contributed by atoms with E-state index in [1.807, 2.05) is 30.3 Å². The number of esters is 1. The fourth-order valence-electron chi connectivity index (χ4n) is 2.27. The van der Waals surface area contributed by atoms with Crippen molar-refractivity contribution in [1.82, 2.24) is 4.98 Å². The molecule has 0 N–H and O–H groups in total. The molecule has 0 aliphatic rings. The van der Waals surface area contributed by atoms with Gasteiger partial charge in [-0.05, 0) is 18.2 Å². The van der Waals surface area contributed by atoms with Gasteiger partial charge in [0.15, 0.2) is 11.3 Å². The van der Waals surface area contributed by atoms with Gasteiger partial charge in [-0.2, -0.15) is 4.73 Å². The number of nitrogens with zero attached hydrogens (tertiary/aromatic N) is 3. The lowest BCUT2D eigenvalue weighted by molar-refractivity contribution is -0.608. The molecule has 2 aromatic heterocycles. The largest absolute Gasteiger partial charge is 0.618 e. The first-order valence-electron chi connectivity index (χ1n) is 7.71. The standard InChI is InChI=1S/C18H15N3O4S/c1-13(22)21(15-7-3-2-4-8-15)18-19-14(12-26-18)11-25-17(23)16-9-5-6-10-20(16)24/h2-10,12H,11H2,1H3. The molecule has 8 heteroatoms. The lowest BCUT2D eigenvalue weighted by atomic mass is 10.3. The quantitative estimate of drug-likeness (QED) is 0.392. The number of carbonyl (C=O) groups is 2. The average Bonchev–Trinajstić information content (AvgIpc) is 3.09. The molecular formula is C18H15N3O4S. The Hall–Kier alpha value is -3.26. The number of hydrogen-bond donors (Lipinski definition) is 0. The van der Waals surface area contributed by atoms with Crippen LogP contribution in [0.5, 0.6) is 0 Å². The van der Waals surface area contributed by atoms with Gasteiger partial charge in [0.1, 0.15) is 6.61 Å². The lowest BCUT2D eigenvalue weighted by Crippen LogP contribution is -2.34. The van der Waals surface area contributed by atoms with Gasteiger partial charge in [0, 0.05) is 24.4 Å². The molecule has 3 rings (SSSR count). The zero-order valence-electron chi connectivity index (χ0n) is 13.9. The van der Waals surface area contributed by atoms with E-state index in [9.17, 15) is 14.8 Å². The van der Waals surface area contributed by atoms with Crippen molar-refractivity contribution in [1.29, 1.82) is 0 Å². The summed E-state index contributed by atoms with van der Waals surface area (Å²) in [6.07, 6.45) is 1.22. The first kappa shape index (κ1) is 17.6. The highest BCUT2D eigenvalue weighted by Gasteiger charge is 2.20. The molecule has 7 nitrogen and oxygen atoms in total. The minimum atomic E-state index is -0.735. The monoisotopic (exact) mass is 369 g/mol. The maximum Gasteiger partial charge on any atom is 0.405 e. The van der Waals surface area contributed by atoms with E-state index in [0.29, 0.717) is 21.2 Å². The molecule has 0 aliphatic heterocycles. The summed E-state index contributed by atoms with van der Waals surface area (Å²) in [7, 11) is 0. The van der Waals surface area contributed by atoms with Crippen molar-refractivity contribution in [2.45, 2.75) is 13.5 Å². The van der Waals surface area contributed by atoms with Crippen LogP contribution in [0.15, 0.2) is 60.1 Å². The zero-order valence-corrected chi connectivity index (χ0v) is 14.7. The van der Waals surface area contributed by atoms with Gasteiger partial charge in [-0.1, -0.05) is 18.2 Å². The maximum atomic E-state index is 12.0. The van der Waals surface area contributed by atoms with Crippen LogP contribution >= 0.6 is 11.3 Å². The topological polar surface area (TPSA) is 86.4 Å². The number of aromatic nitrogens is 2. The Balaban J connectivity index is 1.72. The van der Waals surface area contributed by atoms with E-state index < -0.39 is 5.97 Å². The molecule has 26 heavy (non-hydrogen) atoms. The lowest BCUT2D eigenvalue weighted by Gasteiger charge is -2.17. The van der Waals surface area contributed by atoms with Crippen LogP contribution in [-0.2, 0) is 16.1 Å². The molecule has 3 aromatic rings. The highest BCUT2D eigenvalue weighted by atomic mass is 32.1. The molecule has 0 saturated carbocycles. The van der Waals surface area contributed by atoms with Crippen LogP contribution < -0.4 is 9.63 Å². The van der Waals surface area contributed by atoms with E-state index in [1.54, 1.807) is 11.4 Å². The number of para-hydroxylation sites is 1. The normalized spacial score (nSPS) is 10.3. The first-order chi connectivity index (χ1) is 12.6. The Kier molecular flexibility index (Phi) is 5.23. The fraction of sp³-hybridized carbons (Fsp3) is 0.111. The number of ether oxygens (including phenoxy) is 1. The Morgan fingerprint density at radius 3 is 2.62 bits per heavy atom. The predicted molar refractivity (Wildman–Crippen MR) is 95.9 cm³/mol. The van der Waals surface area contributed by atoms with Crippen LogP contribution in [0.3, 0.4) is 0 Å². The van der Waals surface area contributed by atoms with E-state index in [1.165, 1.54) is 41.5 Å². The smallest absolute Gasteiger partial charge is 0.405 e. The highest BCUT2D eigenvalue weighted by molar-refractivity contribution is 7.14. The number of hydrogen-bond acceptors (Lipinski definition) is 6. The summed E-state index contributed by atoms with van der Waals surface area (Å²) in [5, 5.41) is 13.7. The maximum absolute atomic E-state index is 12.0. The summed E-state index contributed by atoms with van der Waals surface area (Å²) >= 11 is 1.27. The van der Waals surface area contributed by atoms with Crippen molar-refractivity contribution in [3.8, 4) is 0 Å². The van der Waals surface area contributed by atoms with E-state index in [0.717, 1.165) is 0 Å².